The molecule has 5 atom stereocenters. The van der Waals surface area contributed by atoms with Crippen molar-refractivity contribution in [1.82, 2.24) is 31.5 Å². The van der Waals surface area contributed by atoms with Crippen LogP contribution in [0.5, 0.6) is 0 Å². The summed E-state index contributed by atoms with van der Waals surface area (Å²) in [6.45, 7) is 2.04. The van der Waals surface area contributed by atoms with Crippen molar-refractivity contribution in [3.8, 4) is 0 Å². The van der Waals surface area contributed by atoms with E-state index in [2.05, 4.69) is 26.6 Å². The number of aliphatic hydroxyl groups excluding tert-OH is 3. The molecule has 5 amide bonds. The zero-order chi connectivity index (χ0) is 50.1. The van der Waals surface area contributed by atoms with Crippen molar-refractivity contribution < 1.29 is 82.0 Å². The first-order chi connectivity index (χ1) is 33.3. The van der Waals surface area contributed by atoms with Gasteiger partial charge < -0.3 is 75.1 Å². The highest BCUT2D eigenvalue weighted by Gasteiger charge is 2.42. The van der Waals surface area contributed by atoms with E-state index in [0.29, 0.717) is 0 Å². The third-order valence-corrected chi connectivity index (χ3v) is 9.86. The molecule has 0 radical (unpaired) electrons. The van der Waals surface area contributed by atoms with Crippen LogP contribution >= 0.6 is 0 Å². The topological polar surface area (TPSA) is 308 Å². The molecule has 1 aliphatic heterocycles. The number of carbonyl (C=O) groups excluding carboxylic acids is 7. The lowest BCUT2D eigenvalue weighted by Crippen LogP contribution is -2.57. The molecule has 0 spiro atoms. The van der Waals surface area contributed by atoms with E-state index in [4.69, 9.17) is 33.2 Å². The molecule has 2 aromatic rings. The number of aliphatic hydroxyl groups is 3. The van der Waals surface area contributed by atoms with Gasteiger partial charge in [-0.1, -0.05) is 60.7 Å². The fraction of sp³-hybridized carbons (Fsp3) is 0.587. The van der Waals surface area contributed by atoms with E-state index in [1.165, 1.54) is 11.8 Å². The second kappa shape index (κ2) is 34.6. The van der Waals surface area contributed by atoms with Crippen LogP contribution in [0.4, 0.5) is 0 Å². The number of ether oxygens (including phenoxy) is 7. The van der Waals surface area contributed by atoms with E-state index in [-0.39, 0.29) is 149 Å². The van der Waals surface area contributed by atoms with Gasteiger partial charge in [-0.05, 0) is 18.1 Å². The predicted octanol–water partition coefficient (Wildman–Crippen LogP) is -2.19. The summed E-state index contributed by atoms with van der Waals surface area (Å²) in [6.07, 6.45) is -6.30. The molecule has 23 nitrogen and oxygen atoms in total. The van der Waals surface area contributed by atoms with E-state index < -0.39 is 60.4 Å². The van der Waals surface area contributed by atoms with Crippen molar-refractivity contribution in [2.24, 2.45) is 0 Å². The van der Waals surface area contributed by atoms with Crippen LogP contribution in [-0.2, 0) is 79.9 Å². The Morgan fingerprint density at radius 1 is 0.493 bits per heavy atom. The standard InChI is InChI=1S/C46H68N6O17/c1-33-43(60)44(61)45(62)46(69-33)66-27-26-65-25-20-51-40(57)30-52(28-38(55)49-18-23-63-21-16-47-36(53)12-14-41(58)67-31-34-8-4-2-5-9-34)29-39(56)50-19-24-64-22-17-48-37(54)13-15-42(59)68-32-35-10-6-3-7-11-35/h2-11,33,43-46,60-62H,12-32H2,1H3,(H,47,53)(H,48,54)(H,49,55)(H,50,56)(H,51,57)/t33-,43-,44+,45+,46+/m0/s1. The predicted molar refractivity (Wildman–Crippen MR) is 243 cm³/mol. The summed E-state index contributed by atoms with van der Waals surface area (Å²) in [4.78, 5) is 88.0. The molecule has 1 heterocycles. The summed E-state index contributed by atoms with van der Waals surface area (Å²) in [5.41, 5.74) is 1.68. The first-order valence-corrected chi connectivity index (χ1v) is 22.8. The van der Waals surface area contributed by atoms with Gasteiger partial charge in [0.05, 0.1) is 84.8 Å². The number of rotatable bonds is 35. The van der Waals surface area contributed by atoms with Gasteiger partial charge in [0.15, 0.2) is 6.29 Å². The van der Waals surface area contributed by atoms with Crippen molar-refractivity contribution in [2.45, 2.75) is 76.5 Å². The largest absolute Gasteiger partial charge is 0.461 e. The van der Waals surface area contributed by atoms with Crippen LogP contribution in [0.15, 0.2) is 60.7 Å². The highest BCUT2D eigenvalue weighted by Crippen LogP contribution is 2.21. The second-order valence-electron chi connectivity index (χ2n) is 15.6. The summed E-state index contributed by atoms with van der Waals surface area (Å²) in [5, 5.41) is 43.1. The van der Waals surface area contributed by atoms with Crippen LogP contribution in [-0.4, -0.2) is 191 Å². The van der Waals surface area contributed by atoms with Crippen LogP contribution in [0.1, 0.15) is 43.7 Å². The average molecular weight is 977 g/mol. The van der Waals surface area contributed by atoms with Gasteiger partial charge in [0.2, 0.25) is 29.5 Å². The molecule has 1 fully saturated rings. The van der Waals surface area contributed by atoms with Gasteiger partial charge in [0.25, 0.3) is 0 Å². The Hall–Kier alpha value is -5.63. The zero-order valence-corrected chi connectivity index (χ0v) is 39.0. The summed E-state index contributed by atoms with van der Waals surface area (Å²) in [7, 11) is 0. The lowest BCUT2D eigenvalue weighted by Gasteiger charge is -2.38. The van der Waals surface area contributed by atoms with E-state index in [9.17, 15) is 48.9 Å². The Balaban J connectivity index is 1.30. The maximum atomic E-state index is 12.8. The highest BCUT2D eigenvalue weighted by molar-refractivity contribution is 5.84. The molecular formula is C46H68N6O17. The smallest absolute Gasteiger partial charge is 0.306 e. The molecule has 0 aliphatic carbocycles. The fourth-order valence-corrected chi connectivity index (χ4v) is 6.17. The Labute approximate surface area is 401 Å². The summed E-state index contributed by atoms with van der Waals surface area (Å²) in [6, 6.07) is 18.3. The molecule has 3 rings (SSSR count). The van der Waals surface area contributed by atoms with Crippen LogP contribution in [0, 0.1) is 0 Å². The Morgan fingerprint density at radius 3 is 1.28 bits per heavy atom. The second-order valence-corrected chi connectivity index (χ2v) is 15.6. The summed E-state index contributed by atoms with van der Waals surface area (Å²) >= 11 is 0. The first kappa shape index (κ1) is 57.7. The summed E-state index contributed by atoms with van der Waals surface area (Å²) in [5.74, 6) is -3.16. The molecule has 2 aromatic carbocycles. The molecule has 1 aliphatic rings. The quantitative estimate of drug-likeness (QED) is 0.0269. The van der Waals surface area contributed by atoms with E-state index in [1.54, 1.807) is 0 Å². The van der Waals surface area contributed by atoms with Gasteiger partial charge in [0.1, 0.15) is 31.5 Å². The lowest BCUT2D eigenvalue weighted by atomic mass is 10.0. The average Bonchev–Trinajstić information content (AvgIpc) is 3.34. The highest BCUT2D eigenvalue weighted by atomic mass is 16.7. The molecule has 1 saturated heterocycles. The van der Waals surface area contributed by atoms with Crippen LogP contribution < -0.4 is 26.6 Å². The first-order valence-electron chi connectivity index (χ1n) is 22.8. The van der Waals surface area contributed by atoms with E-state index >= 15 is 0 Å². The van der Waals surface area contributed by atoms with Gasteiger partial charge in [0, 0.05) is 45.6 Å². The lowest BCUT2D eigenvalue weighted by molar-refractivity contribution is -0.294. The van der Waals surface area contributed by atoms with Crippen molar-refractivity contribution in [3.05, 3.63) is 71.8 Å². The number of nitrogens with zero attached hydrogens (tertiary/aromatic N) is 1. The van der Waals surface area contributed by atoms with Gasteiger partial charge in [-0.2, -0.15) is 0 Å². The molecule has 0 unspecified atom stereocenters. The number of hydrogen-bond donors (Lipinski definition) is 8. The van der Waals surface area contributed by atoms with Crippen LogP contribution in [0.3, 0.4) is 0 Å². The minimum Gasteiger partial charge on any atom is -0.461 e. The number of benzene rings is 2. The number of carbonyl (C=O) groups is 7. The van der Waals surface area contributed by atoms with Crippen molar-refractivity contribution in [3.63, 3.8) is 0 Å². The third-order valence-electron chi connectivity index (χ3n) is 9.86. The fourth-order valence-electron chi connectivity index (χ4n) is 6.17. The van der Waals surface area contributed by atoms with Crippen LogP contribution in [0.25, 0.3) is 0 Å². The van der Waals surface area contributed by atoms with Gasteiger partial charge in [-0.3, -0.25) is 38.5 Å². The number of hydrogen-bond acceptors (Lipinski definition) is 18. The van der Waals surface area contributed by atoms with Crippen molar-refractivity contribution in [2.75, 3.05) is 98.6 Å². The molecule has 0 bridgehead atoms. The van der Waals surface area contributed by atoms with Crippen LogP contribution in [0.2, 0.25) is 0 Å². The molecule has 8 N–H and O–H groups in total. The summed E-state index contributed by atoms with van der Waals surface area (Å²) < 4.78 is 37.5. The zero-order valence-electron chi connectivity index (χ0n) is 39.0. The number of esters is 2. The van der Waals surface area contributed by atoms with Gasteiger partial charge in [-0.15, -0.1) is 0 Å². The molecule has 69 heavy (non-hydrogen) atoms. The van der Waals surface area contributed by atoms with E-state index in [1.807, 2.05) is 60.7 Å². The molecule has 384 valence electrons. The molecule has 0 saturated carbocycles. The molecule has 23 heteroatoms. The third kappa shape index (κ3) is 26.6. The Bertz CT molecular complexity index is 1730. The maximum Gasteiger partial charge on any atom is 0.306 e. The van der Waals surface area contributed by atoms with E-state index in [0.717, 1.165) is 11.1 Å². The minimum absolute atomic E-state index is 0.0163. The van der Waals surface area contributed by atoms with Crippen molar-refractivity contribution >= 4 is 41.5 Å². The van der Waals surface area contributed by atoms with Crippen molar-refractivity contribution in [1.29, 1.82) is 0 Å². The van der Waals surface area contributed by atoms with Gasteiger partial charge in [-0.25, -0.2) is 0 Å². The van der Waals surface area contributed by atoms with Gasteiger partial charge >= 0.3 is 11.9 Å². The minimum atomic E-state index is -1.45. The number of nitrogens with one attached hydrogen (secondary N) is 5. The molecular weight excluding hydrogens is 909 g/mol. The normalized spacial score (nSPS) is 17.6. The number of amides is 5. The molecule has 0 aromatic heterocycles. The SMILES string of the molecule is C[C@@H]1O[C@@H](OCCOCCNC(=O)CN(CC(=O)NCCOCCNC(=O)CCC(=O)OCc2ccccc2)CC(=O)NCCOCCNC(=O)CCC(=O)OCc2ccccc2)[C@H](O)[C@H](O)[C@H]1O. The Morgan fingerprint density at radius 2 is 0.870 bits per heavy atom. The maximum absolute atomic E-state index is 12.8. The Kier molecular flexibility index (Phi) is 28.9. The monoisotopic (exact) mass is 976 g/mol.